The van der Waals surface area contributed by atoms with Crippen LogP contribution in [0.25, 0.3) is 0 Å². The molecule has 0 saturated carbocycles. The van der Waals surface area contributed by atoms with Gasteiger partial charge in [-0.3, -0.25) is 9.59 Å². The first-order valence-electron chi connectivity index (χ1n) is 11.0. The smallest absolute Gasteiger partial charge is 0.272 e. The fourth-order valence-electron chi connectivity index (χ4n) is 3.88. The van der Waals surface area contributed by atoms with Crippen LogP contribution < -0.4 is 4.74 Å². The van der Waals surface area contributed by atoms with Gasteiger partial charge >= 0.3 is 0 Å². The van der Waals surface area contributed by atoms with Gasteiger partial charge in [-0.2, -0.15) is 0 Å². The minimum absolute atomic E-state index is 0.00562. The first kappa shape index (κ1) is 22.5. The third kappa shape index (κ3) is 5.98. The Hall–Kier alpha value is -3.65. The summed E-state index contributed by atoms with van der Waals surface area (Å²) in [6.45, 7) is 1.66. The van der Waals surface area contributed by atoms with E-state index in [4.69, 9.17) is 9.47 Å². The summed E-state index contributed by atoms with van der Waals surface area (Å²) < 4.78 is 11.5. The van der Waals surface area contributed by atoms with Gasteiger partial charge in [0.1, 0.15) is 18.0 Å². The van der Waals surface area contributed by atoms with E-state index in [1.54, 1.807) is 12.0 Å². The fourth-order valence-corrected chi connectivity index (χ4v) is 3.88. The number of H-pyrrole nitrogens is 1. The fraction of sp³-hybridized carbons (Fsp3) is 0.320. The summed E-state index contributed by atoms with van der Waals surface area (Å²) in [5.74, 6) is 0.402. The monoisotopic (exact) mass is 448 g/mol. The zero-order valence-electron chi connectivity index (χ0n) is 18.6. The molecule has 0 bridgehead atoms. The van der Waals surface area contributed by atoms with E-state index in [0.29, 0.717) is 31.9 Å². The van der Waals surface area contributed by atoms with Crippen molar-refractivity contribution >= 4 is 11.8 Å². The van der Waals surface area contributed by atoms with Crippen LogP contribution in [-0.4, -0.2) is 71.0 Å². The maximum atomic E-state index is 13.1. The first-order valence-corrected chi connectivity index (χ1v) is 11.0. The molecular weight excluding hydrogens is 420 g/mol. The van der Waals surface area contributed by atoms with E-state index in [2.05, 4.69) is 9.97 Å². The van der Waals surface area contributed by atoms with Crippen molar-refractivity contribution in [3.8, 4) is 5.75 Å². The topological polar surface area (TPSA) is 87.8 Å². The average Bonchev–Trinajstić information content (AvgIpc) is 3.34. The minimum atomic E-state index is -0.328. The summed E-state index contributed by atoms with van der Waals surface area (Å²) in [4.78, 5) is 36.1. The third-order valence-corrected chi connectivity index (χ3v) is 5.68. The Kier molecular flexibility index (Phi) is 7.36. The van der Waals surface area contributed by atoms with E-state index >= 15 is 0 Å². The minimum Gasteiger partial charge on any atom is -0.497 e. The van der Waals surface area contributed by atoms with E-state index in [1.807, 2.05) is 54.6 Å². The molecule has 2 heterocycles. The number of carbonyl (C=O) groups excluding carboxylic acids is 2. The van der Waals surface area contributed by atoms with Crippen LogP contribution in [0.4, 0.5) is 0 Å². The van der Waals surface area contributed by atoms with Crippen molar-refractivity contribution in [2.75, 3.05) is 33.3 Å². The Morgan fingerprint density at radius 2 is 1.94 bits per heavy atom. The Bertz CT molecular complexity index is 1060. The number of nitrogens with zero attached hydrogens (tertiary/aromatic N) is 3. The van der Waals surface area contributed by atoms with Gasteiger partial charge in [0.05, 0.1) is 32.3 Å². The highest BCUT2D eigenvalue weighted by Crippen LogP contribution is 2.17. The molecule has 1 aliphatic rings. The molecule has 3 aromatic rings. The van der Waals surface area contributed by atoms with Crippen molar-refractivity contribution < 1.29 is 19.1 Å². The zero-order valence-corrected chi connectivity index (χ0v) is 18.6. The van der Waals surface area contributed by atoms with Gasteiger partial charge in [-0.05, 0) is 29.7 Å². The second-order valence-corrected chi connectivity index (χ2v) is 8.01. The molecule has 1 N–H and O–H groups in total. The van der Waals surface area contributed by atoms with Crippen molar-refractivity contribution in [1.82, 2.24) is 19.8 Å². The molecule has 8 heteroatoms. The van der Waals surface area contributed by atoms with E-state index in [0.717, 1.165) is 23.3 Å². The van der Waals surface area contributed by atoms with Crippen LogP contribution in [0.5, 0.6) is 5.75 Å². The lowest BCUT2D eigenvalue weighted by Crippen LogP contribution is -2.40. The zero-order chi connectivity index (χ0) is 23.0. The maximum Gasteiger partial charge on any atom is 0.272 e. The standard InChI is InChI=1S/C25H28N4O4/c1-32-21-9-5-8-20(12-21)17-33-22-14-28(11-10-19-6-3-2-4-7-19)24(30)16-29(15-22)25(31)23-13-26-18-27-23/h2-9,12-13,18,22H,10-11,14-17H2,1H3,(H,26,27). The molecule has 4 rings (SSSR count). The number of nitrogens with one attached hydrogen (secondary N) is 1. The molecule has 1 fully saturated rings. The summed E-state index contributed by atoms with van der Waals surface area (Å²) in [7, 11) is 1.63. The summed E-state index contributed by atoms with van der Waals surface area (Å²) in [6, 6.07) is 17.7. The molecule has 1 saturated heterocycles. The molecule has 1 atom stereocenters. The van der Waals surface area contributed by atoms with Gasteiger partial charge < -0.3 is 24.3 Å². The van der Waals surface area contributed by atoms with Crippen LogP contribution >= 0.6 is 0 Å². The summed E-state index contributed by atoms with van der Waals surface area (Å²) >= 11 is 0. The maximum absolute atomic E-state index is 13.1. The molecular formula is C25H28N4O4. The highest BCUT2D eigenvalue weighted by atomic mass is 16.5. The van der Waals surface area contributed by atoms with Crippen molar-refractivity contribution in [3.05, 3.63) is 83.9 Å². The molecule has 0 aliphatic carbocycles. The summed E-state index contributed by atoms with van der Waals surface area (Å²) in [6.07, 6.45) is 3.33. The van der Waals surface area contributed by atoms with Crippen LogP contribution in [0.1, 0.15) is 21.6 Å². The number of methoxy groups -OCH3 is 1. The Balaban J connectivity index is 1.48. The van der Waals surface area contributed by atoms with Crippen molar-refractivity contribution in [1.29, 1.82) is 0 Å². The summed E-state index contributed by atoms with van der Waals surface area (Å²) in [5, 5.41) is 0. The molecule has 0 radical (unpaired) electrons. The van der Waals surface area contributed by atoms with Gasteiger partial charge in [0, 0.05) is 19.6 Å². The molecule has 0 spiro atoms. The van der Waals surface area contributed by atoms with Crippen molar-refractivity contribution in [3.63, 3.8) is 0 Å². The van der Waals surface area contributed by atoms with Crippen LogP contribution in [0.2, 0.25) is 0 Å². The SMILES string of the molecule is COc1cccc(COC2CN(CCc3ccccc3)C(=O)CN(C(=O)c3cnc[nH]3)C2)c1. The van der Waals surface area contributed by atoms with Gasteiger partial charge in [0.2, 0.25) is 5.91 Å². The normalized spacial score (nSPS) is 16.5. The molecule has 172 valence electrons. The van der Waals surface area contributed by atoms with Gasteiger partial charge in [-0.25, -0.2) is 4.98 Å². The highest BCUT2D eigenvalue weighted by Gasteiger charge is 2.31. The predicted octanol–water partition coefficient (Wildman–Crippen LogP) is 2.53. The number of imidazole rings is 1. The van der Waals surface area contributed by atoms with E-state index < -0.39 is 0 Å². The lowest BCUT2D eigenvalue weighted by molar-refractivity contribution is -0.131. The van der Waals surface area contributed by atoms with Crippen molar-refractivity contribution in [2.45, 2.75) is 19.1 Å². The van der Waals surface area contributed by atoms with Gasteiger partial charge in [0.15, 0.2) is 0 Å². The average molecular weight is 449 g/mol. The lowest BCUT2D eigenvalue weighted by Gasteiger charge is -2.25. The van der Waals surface area contributed by atoms with Crippen molar-refractivity contribution in [2.24, 2.45) is 0 Å². The Morgan fingerprint density at radius 3 is 2.70 bits per heavy atom. The number of aromatic nitrogens is 2. The molecule has 2 amide bonds. The molecule has 2 aromatic carbocycles. The molecule has 1 unspecified atom stereocenters. The summed E-state index contributed by atoms with van der Waals surface area (Å²) in [5.41, 5.74) is 2.48. The lowest BCUT2D eigenvalue weighted by atomic mass is 10.1. The molecule has 8 nitrogen and oxygen atoms in total. The molecule has 1 aromatic heterocycles. The number of carbonyl (C=O) groups is 2. The van der Waals surface area contributed by atoms with E-state index in [-0.39, 0.29) is 24.5 Å². The Labute approximate surface area is 193 Å². The van der Waals surface area contributed by atoms with Gasteiger partial charge in [-0.15, -0.1) is 0 Å². The molecule has 33 heavy (non-hydrogen) atoms. The largest absolute Gasteiger partial charge is 0.497 e. The van der Waals surface area contributed by atoms with E-state index in [9.17, 15) is 9.59 Å². The van der Waals surface area contributed by atoms with Crippen LogP contribution in [0.15, 0.2) is 67.1 Å². The van der Waals surface area contributed by atoms with E-state index in [1.165, 1.54) is 17.4 Å². The van der Waals surface area contributed by atoms with Crippen LogP contribution in [-0.2, 0) is 22.6 Å². The number of rotatable bonds is 8. The second-order valence-electron chi connectivity index (χ2n) is 8.01. The van der Waals surface area contributed by atoms with Gasteiger partial charge in [-0.1, -0.05) is 42.5 Å². The Morgan fingerprint density at radius 1 is 1.12 bits per heavy atom. The third-order valence-electron chi connectivity index (χ3n) is 5.68. The quantitative estimate of drug-likeness (QED) is 0.572. The van der Waals surface area contributed by atoms with Crippen LogP contribution in [0, 0.1) is 0 Å². The number of benzene rings is 2. The predicted molar refractivity (Wildman–Crippen MR) is 123 cm³/mol. The number of hydrogen-bond acceptors (Lipinski definition) is 5. The number of aromatic amines is 1. The highest BCUT2D eigenvalue weighted by molar-refractivity contribution is 5.95. The number of ether oxygens (including phenoxy) is 2. The first-order chi connectivity index (χ1) is 16.1. The van der Waals surface area contributed by atoms with Gasteiger partial charge in [0.25, 0.3) is 5.91 Å². The number of amides is 2. The number of hydrogen-bond donors (Lipinski definition) is 1. The van der Waals surface area contributed by atoms with Crippen LogP contribution in [0.3, 0.4) is 0 Å². The molecule has 1 aliphatic heterocycles. The second kappa shape index (κ2) is 10.8.